The van der Waals surface area contributed by atoms with Gasteiger partial charge in [0.1, 0.15) is 23.0 Å². The lowest BCUT2D eigenvalue weighted by molar-refractivity contribution is 0.418. The maximum Gasteiger partial charge on any atom is 0.131 e. The van der Waals surface area contributed by atoms with Crippen molar-refractivity contribution < 1.29 is 9.47 Å². The highest BCUT2D eigenvalue weighted by Gasteiger charge is 2.35. The first-order valence-corrected chi connectivity index (χ1v) is 21.8. The van der Waals surface area contributed by atoms with E-state index in [9.17, 15) is 0 Å². The van der Waals surface area contributed by atoms with Gasteiger partial charge in [0.25, 0.3) is 0 Å². The summed E-state index contributed by atoms with van der Waals surface area (Å²) in [5.74, 6) is 3.70. The fourth-order valence-electron chi connectivity index (χ4n) is 9.69. The third-order valence-corrected chi connectivity index (χ3v) is 13.2. The Morgan fingerprint density at radius 2 is 0.619 bits per heavy atom. The molecule has 2 heterocycles. The third-order valence-electron chi connectivity index (χ3n) is 13.2. The minimum Gasteiger partial charge on any atom is -0.457 e. The highest BCUT2D eigenvalue weighted by Crippen LogP contribution is 2.50. The fourth-order valence-corrected chi connectivity index (χ4v) is 9.69. The average molecular weight is 814 g/mol. The highest BCUT2D eigenvalue weighted by atomic mass is 16.5. The quantitative estimate of drug-likeness (QED) is 0.160. The number of fused-ring (bicyclic) bond motifs is 4. The molecule has 0 unspecified atom stereocenters. The smallest absolute Gasteiger partial charge is 0.131 e. The van der Waals surface area contributed by atoms with Gasteiger partial charge in [0, 0.05) is 50.1 Å². The number of nitrogens with zero attached hydrogens (tertiary/aromatic N) is 1. The predicted octanol–water partition coefficient (Wildman–Crippen LogP) is 16.7. The first-order valence-electron chi connectivity index (χ1n) is 21.8. The van der Waals surface area contributed by atoms with Crippen molar-refractivity contribution in [2.24, 2.45) is 0 Å². The topological polar surface area (TPSA) is 21.7 Å². The minimum absolute atomic E-state index is 0.189. The molecule has 0 aliphatic carbocycles. The van der Waals surface area contributed by atoms with Crippen molar-refractivity contribution in [3.05, 3.63) is 235 Å². The van der Waals surface area contributed by atoms with Gasteiger partial charge in [-0.05, 0) is 117 Å². The Balaban J connectivity index is 0.953. The molecule has 0 fully saturated rings. The molecular weight excluding hydrogens is 767 g/mol. The molecular formula is C60H47NO2. The van der Waals surface area contributed by atoms with E-state index < -0.39 is 0 Å². The summed E-state index contributed by atoms with van der Waals surface area (Å²) in [4.78, 5) is 2.35. The number of anilines is 3. The van der Waals surface area contributed by atoms with Crippen molar-refractivity contribution in [3.63, 3.8) is 0 Å². The van der Waals surface area contributed by atoms with Crippen LogP contribution in [0.25, 0.3) is 44.5 Å². The molecule has 0 atom stereocenters. The summed E-state index contributed by atoms with van der Waals surface area (Å²) in [5.41, 5.74) is 17.1. The molecule has 3 nitrogen and oxygen atoms in total. The van der Waals surface area contributed by atoms with Crippen LogP contribution in [0.15, 0.2) is 212 Å². The zero-order valence-electron chi connectivity index (χ0n) is 36.0. The number of para-hydroxylation sites is 2. The Kier molecular flexibility index (Phi) is 9.17. The van der Waals surface area contributed by atoms with Crippen LogP contribution in [-0.2, 0) is 10.8 Å². The summed E-state index contributed by atoms with van der Waals surface area (Å²) in [5, 5.41) is 0. The normalized spacial score (nSPS) is 13.9. The van der Waals surface area contributed by atoms with Gasteiger partial charge in [-0.2, -0.15) is 0 Å². The molecule has 0 amide bonds. The molecule has 0 radical (unpaired) electrons. The molecule has 0 saturated carbocycles. The van der Waals surface area contributed by atoms with Crippen molar-refractivity contribution in [2.75, 3.05) is 4.90 Å². The molecule has 0 bridgehead atoms. The van der Waals surface area contributed by atoms with E-state index in [1.165, 1.54) is 44.5 Å². The summed E-state index contributed by atoms with van der Waals surface area (Å²) >= 11 is 0. The molecule has 0 spiro atoms. The van der Waals surface area contributed by atoms with E-state index in [0.717, 1.165) is 62.3 Å². The second-order valence-electron chi connectivity index (χ2n) is 17.8. The van der Waals surface area contributed by atoms with Gasteiger partial charge in [0.05, 0.1) is 0 Å². The molecule has 11 rings (SSSR count). The lowest BCUT2D eigenvalue weighted by Crippen LogP contribution is -2.24. The SMILES string of the molecule is CC1(C)c2ccccc2Oc2ccc(-c3ccc(N(c4ccc(-c5ccc6c(c5)C(C)(C)c5ccccc5O6)cc4)c4ccc(-c5ccccc5-c5ccccc5)cc4)cc3)cc21. The maximum absolute atomic E-state index is 6.39. The Morgan fingerprint density at radius 3 is 1.06 bits per heavy atom. The summed E-state index contributed by atoms with van der Waals surface area (Å²) in [6.45, 7) is 9.15. The van der Waals surface area contributed by atoms with Gasteiger partial charge in [-0.3, -0.25) is 0 Å². The first kappa shape index (κ1) is 38.3. The van der Waals surface area contributed by atoms with Crippen LogP contribution in [0.3, 0.4) is 0 Å². The van der Waals surface area contributed by atoms with Crippen LogP contribution in [-0.4, -0.2) is 0 Å². The number of hydrogen-bond acceptors (Lipinski definition) is 3. The van der Waals surface area contributed by atoms with Crippen molar-refractivity contribution >= 4 is 17.1 Å². The van der Waals surface area contributed by atoms with E-state index in [0.29, 0.717) is 0 Å². The van der Waals surface area contributed by atoms with E-state index in [-0.39, 0.29) is 10.8 Å². The fraction of sp³-hybridized carbons (Fsp3) is 0.100. The van der Waals surface area contributed by atoms with E-state index in [1.54, 1.807) is 0 Å². The lowest BCUT2D eigenvalue weighted by Gasteiger charge is -2.34. The van der Waals surface area contributed by atoms with Crippen molar-refractivity contribution in [1.29, 1.82) is 0 Å². The van der Waals surface area contributed by atoms with Gasteiger partial charge in [0.15, 0.2) is 0 Å². The monoisotopic (exact) mass is 813 g/mol. The average Bonchev–Trinajstić information content (AvgIpc) is 3.33. The molecule has 2 aliphatic heterocycles. The van der Waals surface area contributed by atoms with E-state index in [2.05, 4.69) is 233 Å². The summed E-state index contributed by atoms with van der Waals surface area (Å²) < 4.78 is 12.8. The summed E-state index contributed by atoms with van der Waals surface area (Å²) in [7, 11) is 0. The van der Waals surface area contributed by atoms with Crippen molar-refractivity contribution in [3.8, 4) is 67.5 Å². The Hall–Kier alpha value is -7.62. The lowest BCUT2D eigenvalue weighted by atomic mass is 9.75. The summed E-state index contributed by atoms with van der Waals surface area (Å²) in [6, 6.07) is 76.1. The van der Waals surface area contributed by atoms with Crippen LogP contribution in [0.4, 0.5) is 17.1 Å². The zero-order valence-corrected chi connectivity index (χ0v) is 36.0. The van der Waals surface area contributed by atoms with Crippen LogP contribution in [0.1, 0.15) is 49.9 Å². The predicted molar refractivity (Wildman–Crippen MR) is 260 cm³/mol. The van der Waals surface area contributed by atoms with Gasteiger partial charge >= 0.3 is 0 Å². The van der Waals surface area contributed by atoms with Gasteiger partial charge < -0.3 is 14.4 Å². The second-order valence-corrected chi connectivity index (χ2v) is 17.8. The van der Waals surface area contributed by atoms with Crippen LogP contribution in [0.5, 0.6) is 23.0 Å². The summed E-state index contributed by atoms with van der Waals surface area (Å²) in [6.07, 6.45) is 0. The molecule has 63 heavy (non-hydrogen) atoms. The Bertz CT molecular complexity index is 2990. The van der Waals surface area contributed by atoms with E-state index >= 15 is 0 Å². The van der Waals surface area contributed by atoms with Gasteiger partial charge in [0.2, 0.25) is 0 Å². The molecule has 0 N–H and O–H groups in total. The van der Waals surface area contributed by atoms with Crippen molar-refractivity contribution in [1.82, 2.24) is 0 Å². The van der Waals surface area contributed by atoms with Crippen LogP contribution in [0, 0.1) is 0 Å². The molecule has 3 heteroatoms. The van der Waals surface area contributed by atoms with E-state index in [1.807, 2.05) is 12.1 Å². The van der Waals surface area contributed by atoms with E-state index in [4.69, 9.17) is 9.47 Å². The molecule has 304 valence electrons. The number of hydrogen-bond donors (Lipinski definition) is 0. The first-order chi connectivity index (χ1) is 30.7. The number of ether oxygens (including phenoxy) is 2. The third kappa shape index (κ3) is 6.69. The molecule has 0 aromatic heterocycles. The standard InChI is InChI=1S/C60H47NO2/c1-59(2)51-18-10-12-20-55(51)62-57-36-28-44(38-53(57)59)40-22-30-46(31-23-40)61(48-34-26-43(27-35-48)50-17-9-8-16-49(50)42-14-6-5-7-15-42)47-32-24-41(25-33-47)45-29-37-58-54(39-45)60(3,4)52-19-11-13-21-56(52)63-58/h5-39H,1-4H3. The van der Waals surface area contributed by atoms with Crippen molar-refractivity contribution in [2.45, 2.75) is 38.5 Å². The number of benzene rings is 9. The van der Waals surface area contributed by atoms with Crippen LogP contribution in [0.2, 0.25) is 0 Å². The van der Waals surface area contributed by atoms with Gasteiger partial charge in [-0.1, -0.05) is 167 Å². The molecule has 2 aliphatic rings. The van der Waals surface area contributed by atoms with Crippen LogP contribution >= 0.6 is 0 Å². The Labute approximate surface area is 370 Å². The zero-order chi connectivity index (χ0) is 42.7. The highest BCUT2D eigenvalue weighted by molar-refractivity contribution is 5.86. The minimum atomic E-state index is -0.189. The Morgan fingerprint density at radius 1 is 0.286 bits per heavy atom. The molecule has 0 saturated heterocycles. The maximum atomic E-state index is 6.39. The van der Waals surface area contributed by atoms with Gasteiger partial charge in [-0.25, -0.2) is 0 Å². The molecule has 9 aromatic carbocycles. The number of rotatable bonds is 7. The second kappa shape index (κ2) is 15.1. The largest absolute Gasteiger partial charge is 0.457 e. The van der Waals surface area contributed by atoms with Crippen LogP contribution < -0.4 is 14.4 Å². The van der Waals surface area contributed by atoms with Gasteiger partial charge in [-0.15, -0.1) is 0 Å². The molecule has 9 aromatic rings.